The summed E-state index contributed by atoms with van der Waals surface area (Å²) in [5.74, 6) is -1.32. The molecule has 2 aliphatic carbocycles. The summed E-state index contributed by atoms with van der Waals surface area (Å²) in [5.41, 5.74) is 0.854. The van der Waals surface area contributed by atoms with Crippen molar-refractivity contribution in [2.24, 2.45) is 11.3 Å². The van der Waals surface area contributed by atoms with E-state index in [1.54, 1.807) is 4.90 Å². The van der Waals surface area contributed by atoms with Crippen LogP contribution < -0.4 is 10.6 Å². The Morgan fingerprint density at radius 1 is 1.02 bits per heavy atom. The van der Waals surface area contributed by atoms with Gasteiger partial charge in [0.05, 0.1) is 29.3 Å². The first-order valence-electron chi connectivity index (χ1n) is 15.8. The Hall–Kier alpha value is -2.68. The minimum absolute atomic E-state index is 0.0225. The van der Waals surface area contributed by atoms with E-state index in [1.165, 1.54) is 12.1 Å². The molecule has 5 rings (SSSR count). The van der Waals surface area contributed by atoms with Crippen LogP contribution in [-0.2, 0) is 19.1 Å². The van der Waals surface area contributed by atoms with Crippen molar-refractivity contribution in [3.8, 4) is 0 Å². The number of ether oxygens (including phenoxy) is 1. The van der Waals surface area contributed by atoms with Gasteiger partial charge in [0.15, 0.2) is 0 Å². The molecule has 2 saturated carbocycles. The van der Waals surface area contributed by atoms with Gasteiger partial charge in [0, 0.05) is 49.4 Å². The molecule has 238 valence electrons. The molecule has 3 amide bonds. The Bertz CT molecular complexity index is 1330. The molecule has 7 nitrogen and oxygen atoms in total. The summed E-state index contributed by atoms with van der Waals surface area (Å²) in [6.45, 7) is 4.26. The largest absolute Gasteiger partial charge is 0.378 e. The van der Waals surface area contributed by atoms with Crippen molar-refractivity contribution in [1.82, 2.24) is 15.5 Å². The van der Waals surface area contributed by atoms with Gasteiger partial charge in [-0.05, 0) is 55.2 Å². The van der Waals surface area contributed by atoms with Crippen LogP contribution in [0.15, 0.2) is 42.5 Å². The molecule has 0 spiro atoms. The van der Waals surface area contributed by atoms with Gasteiger partial charge in [-0.25, -0.2) is 4.39 Å². The standard InChI is InChI=1S/C34H42Cl2FN3O4/c1-34(13-5-6-14-34)32(30-27(37)12-11-26(35)31(30)36)39-33(43)23-9-10-25(19-23)38-28(41)20-24(22-7-3-2-4-8-22)21-29(42)40-15-17-44-18-16-40/h2-4,7-8,11-12,23-25,32H,5-6,9-10,13-21H2,1H3,(H,38,41)(H,39,43)/t23-,24+,25-,32-/m1/s1. The van der Waals surface area contributed by atoms with Crippen molar-refractivity contribution < 1.29 is 23.5 Å². The molecular formula is C34H42Cl2FN3O4. The monoisotopic (exact) mass is 645 g/mol. The Kier molecular flexibility index (Phi) is 10.9. The molecule has 3 fully saturated rings. The average Bonchev–Trinajstić information content (AvgIpc) is 3.69. The highest BCUT2D eigenvalue weighted by molar-refractivity contribution is 6.42. The lowest BCUT2D eigenvalue weighted by Gasteiger charge is -2.36. The first kappa shape index (κ1) is 32.7. The molecule has 4 atom stereocenters. The summed E-state index contributed by atoms with van der Waals surface area (Å²) in [6, 6.07) is 11.6. The quantitative estimate of drug-likeness (QED) is 0.286. The molecule has 0 radical (unpaired) electrons. The van der Waals surface area contributed by atoms with Crippen LogP contribution in [0.3, 0.4) is 0 Å². The topological polar surface area (TPSA) is 87.7 Å². The van der Waals surface area contributed by atoms with Crippen LogP contribution >= 0.6 is 23.2 Å². The molecule has 2 N–H and O–H groups in total. The van der Waals surface area contributed by atoms with Gasteiger partial charge in [0.1, 0.15) is 5.82 Å². The molecule has 0 aromatic heterocycles. The summed E-state index contributed by atoms with van der Waals surface area (Å²) in [7, 11) is 0. The molecule has 44 heavy (non-hydrogen) atoms. The highest BCUT2D eigenvalue weighted by atomic mass is 35.5. The SMILES string of the molecule is CC1([C@H](NC(=O)[C@@H]2CC[C@@H](NC(=O)C[C@@H](CC(=O)N3CCOCC3)c3ccccc3)C2)c2c(F)ccc(Cl)c2Cl)CCCC1. The van der Waals surface area contributed by atoms with E-state index in [0.29, 0.717) is 45.6 Å². The minimum Gasteiger partial charge on any atom is -0.378 e. The van der Waals surface area contributed by atoms with Crippen LogP contribution in [0.1, 0.15) is 87.8 Å². The van der Waals surface area contributed by atoms with Gasteiger partial charge in [-0.3, -0.25) is 14.4 Å². The van der Waals surface area contributed by atoms with Crippen molar-refractivity contribution >= 4 is 40.9 Å². The van der Waals surface area contributed by atoms with E-state index in [0.717, 1.165) is 31.2 Å². The van der Waals surface area contributed by atoms with E-state index in [1.807, 2.05) is 30.3 Å². The van der Waals surface area contributed by atoms with E-state index in [9.17, 15) is 14.4 Å². The van der Waals surface area contributed by atoms with Crippen LogP contribution in [0.5, 0.6) is 0 Å². The summed E-state index contributed by atoms with van der Waals surface area (Å²) in [6.07, 6.45) is 5.90. The maximum absolute atomic E-state index is 15.2. The van der Waals surface area contributed by atoms with Gasteiger partial charge in [-0.1, -0.05) is 73.3 Å². The third-order valence-electron chi connectivity index (χ3n) is 9.75. The Balaban J connectivity index is 1.21. The smallest absolute Gasteiger partial charge is 0.223 e. The van der Waals surface area contributed by atoms with Crippen LogP contribution in [0, 0.1) is 17.2 Å². The maximum Gasteiger partial charge on any atom is 0.223 e. The lowest BCUT2D eigenvalue weighted by molar-refractivity contribution is -0.136. The summed E-state index contributed by atoms with van der Waals surface area (Å²) < 4.78 is 20.6. The number of morpholine rings is 1. The van der Waals surface area contributed by atoms with Crippen LogP contribution in [0.2, 0.25) is 10.0 Å². The fourth-order valence-corrected chi connectivity index (χ4v) is 7.61. The molecule has 1 saturated heterocycles. The number of hydrogen-bond acceptors (Lipinski definition) is 4. The normalized spacial score (nSPS) is 22.8. The Morgan fingerprint density at radius 2 is 1.73 bits per heavy atom. The van der Waals surface area contributed by atoms with Gasteiger partial charge in [-0.2, -0.15) is 0 Å². The fourth-order valence-electron chi connectivity index (χ4n) is 7.18. The van der Waals surface area contributed by atoms with E-state index < -0.39 is 11.9 Å². The third kappa shape index (κ3) is 7.75. The lowest BCUT2D eigenvalue weighted by Crippen LogP contribution is -2.42. The number of amides is 3. The molecular weight excluding hydrogens is 604 g/mol. The van der Waals surface area contributed by atoms with Gasteiger partial charge < -0.3 is 20.3 Å². The van der Waals surface area contributed by atoms with E-state index >= 15 is 4.39 Å². The number of carbonyl (C=O) groups excluding carboxylic acids is 3. The van der Waals surface area contributed by atoms with Gasteiger partial charge in [-0.15, -0.1) is 0 Å². The molecule has 0 bridgehead atoms. The lowest BCUT2D eigenvalue weighted by atomic mass is 9.76. The first-order chi connectivity index (χ1) is 21.1. The second-order valence-electron chi connectivity index (χ2n) is 12.8. The zero-order valence-electron chi connectivity index (χ0n) is 25.3. The second kappa shape index (κ2) is 14.6. The zero-order chi connectivity index (χ0) is 31.3. The first-order valence-corrected chi connectivity index (χ1v) is 16.5. The van der Waals surface area contributed by atoms with Crippen molar-refractivity contribution in [3.63, 3.8) is 0 Å². The number of rotatable bonds is 10. The zero-order valence-corrected chi connectivity index (χ0v) is 26.8. The summed E-state index contributed by atoms with van der Waals surface area (Å²) in [4.78, 5) is 41.8. The number of carbonyl (C=O) groups is 3. The van der Waals surface area contributed by atoms with Gasteiger partial charge in [0.2, 0.25) is 17.7 Å². The number of halogens is 3. The van der Waals surface area contributed by atoms with Crippen LogP contribution in [-0.4, -0.2) is 55.0 Å². The number of benzene rings is 2. The second-order valence-corrected chi connectivity index (χ2v) is 13.6. The van der Waals surface area contributed by atoms with Crippen molar-refractivity contribution in [2.45, 2.75) is 82.7 Å². The minimum atomic E-state index is -0.604. The van der Waals surface area contributed by atoms with Crippen LogP contribution in [0.4, 0.5) is 4.39 Å². The fraction of sp³-hybridized carbons (Fsp3) is 0.559. The summed E-state index contributed by atoms with van der Waals surface area (Å²) >= 11 is 12.8. The van der Waals surface area contributed by atoms with Crippen molar-refractivity contribution in [2.75, 3.05) is 26.3 Å². The van der Waals surface area contributed by atoms with Gasteiger partial charge in [0.25, 0.3) is 0 Å². The van der Waals surface area contributed by atoms with E-state index in [4.69, 9.17) is 27.9 Å². The Morgan fingerprint density at radius 3 is 2.43 bits per heavy atom. The predicted molar refractivity (Wildman–Crippen MR) is 169 cm³/mol. The molecule has 10 heteroatoms. The number of nitrogens with one attached hydrogen (secondary N) is 2. The highest BCUT2D eigenvalue weighted by Crippen LogP contribution is 2.50. The molecule has 1 heterocycles. The average molecular weight is 647 g/mol. The third-order valence-corrected chi connectivity index (χ3v) is 10.6. The van der Waals surface area contributed by atoms with Gasteiger partial charge >= 0.3 is 0 Å². The number of hydrogen-bond donors (Lipinski definition) is 2. The molecule has 3 aliphatic rings. The van der Waals surface area contributed by atoms with Crippen molar-refractivity contribution in [3.05, 3.63) is 69.5 Å². The van der Waals surface area contributed by atoms with E-state index in [-0.39, 0.29) is 69.5 Å². The number of nitrogens with zero attached hydrogens (tertiary/aromatic N) is 1. The molecule has 1 aliphatic heterocycles. The Labute approximate surface area is 269 Å². The van der Waals surface area contributed by atoms with E-state index in [2.05, 4.69) is 17.6 Å². The predicted octanol–water partition coefficient (Wildman–Crippen LogP) is 6.58. The molecule has 0 unspecified atom stereocenters. The highest BCUT2D eigenvalue weighted by Gasteiger charge is 2.43. The summed E-state index contributed by atoms with van der Waals surface area (Å²) in [5, 5.41) is 6.69. The van der Waals surface area contributed by atoms with Crippen molar-refractivity contribution in [1.29, 1.82) is 0 Å². The molecule has 2 aromatic rings. The molecule has 2 aromatic carbocycles. The van der Waals surface area contributed by atoms with Crippen LogP contribution in [0.25, 0.3) is 0 Å². The maximum atomic E-state index is 15.2.